The molecule has 0 radical (unpaired) electrons. The molecule has 2 heteroatoms. The topological polar surface area (TPSA) is 15.3 Å². The van der Waals surface area contributed by atoms with E-state index < -0.39 is 0 Å². The first-order valence-electron chi connectivity index (χ1n) is 11.5. The van der Waals surface area contributed by atoms with Gasteiger partial charge in [-0.2, -0.15) is 0 Å². The van der Waals surface area contributed by atoms with Crippen molar-refractivity contribution in [3.63, 3.8) is 0 Å². The van der Waals surface area contributed by atoms with Crippen molar-refractivity contribution < 1.29 is 0 Å². The first-order valence-corrected chi connectivity index (χ1v) is 11.5. The fraction of sp³-hybridized carbons (Fsp3) is 0.615. The quantitative estimate of drug-likeness (QED) is 0.613. The van der Waals surface area contributed by atoms with Crippen LogP contribution < -0.4 is 5.32 Å². The highest BCUT2D eigenvalue weighted by atomic mass is 15.2. The minimum Gasteiger partial charge on any atom is -0.378 e. The third-order valence-electron chi connectivity index (χ3n) is 8.67. The Bertz CT molecular complexity index is 780. The number of hydrogen-bond donors (Lipinski definition) is 1. The molecule has 7 atom stereocenters. The maximum Gasteiger partial charge on any atom is 0.0543 e. The van der Waals surface area contributed by atoms with Crippen LogP contribution in [0.15, 0.2) is 48.6 Å². The van der Waals surface area contributed by atoms with Gasteiger partial charge in [-0.1, -0.05) is 70.2 Å². The molecule has 1 saturated carbocycles. The largest absolute Gasteiger partial charge is 0.378 e. The Kier molecular flexibility index (Phi) is 4.98. The molecule has 1 saturated heterocycles. The van der Waals surface area contributed by atoms with Gasteiger partial charge >= 0.3 is 0 Å². The lowest BCUT2D eigenvalue weighted by Crippen LogP contribution is -2.58. The highest BCUT2D eigenvalue weighted by Crippen LogP contribution is 2.67. The van der Waals surface area contributed by atoms with E-state index in [1.54, 1.807) is 5.56 Å². The molecule has 0 aromatic heterocycles. The Morgan fingerprint density at radius 1 is 1.25 bits per heavy atom. The summed E-state index contributed by atoms with van der Waals surface area (Å²) >= 11 is 0. The minimum absolute atomic E-state index is 0.124. The number of nitrogens with one attached hydrogen (secondary N) is 1. The van der Waals surface area contributed by atoms with Crippen LogP contribution in [0.1, 0.15) is 65.4 Å². The number of benzene rings is 1. The highest BCUT2D eigenvalue weighted by Gasteiger charge is 2.67. The van der Waals surface area contributed by atoms with E-state index in [0.29, 0.717) is 23.8 Å². The average Bonchev–Trinajstić information content (AvgIpc) is 3.19. The SMILES string of the molecule is C=C(CC)C1CC23C=CCN(CCC4c5ccccc5NC14C2C)C3C.CC. The highest BCUT2D eigenvalue weighted by molar-refractivity contribution is 5.64. The van der Waals surface area contributed by atoms with Crippen LogP contribution in [-0.4, -0.2) is 29.6 Å². The van der Waals surface area contributed by atoms with Crippen molar-refractivity contribution in [1.82, 2.24) is 4.90 Å². The number of nitrogens with zero attached hydrogens (tertiary/aromatic N) is 1. The molecule has 152 valence electrons. The van der Waals surface area contributed by atoms with Crippen LogP contribution in [0.3, 0.4) is 0 Å². The van der Waals surface area contributed by atoms with Crippen LogP contribution in [0.25, 0.3) is 0 Å². The summed E-state index contributed by atoms with van der Waals surface area (Å²) in [6, 6.07) is 9.69. The molecule has 1 aromatic carbocycles. The Morgan fingerprint density at radius 3 is 2.75 bits per heavy atom. The lowest BCUT2D eigenvalue weighted by molar-refractivity contribution is 0.0456. The normalized spacial score (nSPS) is 42.2. The van der Waals surface area contributed by atoms with Crippen LogP contribution in [0.2, 0.25) is 0 Å². The lowest BCUT2D eigenvalue weighted by Gasteiger charge is -2.52. The summed E-state index contributed by atoms with van der Waals surface area (Å²) < 4.78 is 0. The van der Waals surface area contributed by atoms with Gasteiger partial charge in [0.2, 0.25) is 0 Å². The first kappa shape index (κ1) is 19.8. The molecule has 3 heterocycles. The van der Waals surface area contributed by atoms with Gasteiger partial charge < -0.3 is 5.32 Å². The molecule has 28 heavy (non-hydrogen) atoms. The van der Waals surface area contributed by atoms with Gasteiger partial charge in [0.25, 0.3) is 0 Å². The number of para-hydroxylation sites is 1. The van der Waals surface area contributed by atoms with Crippen LogP contribution in [0.4, 0.5) is 5.69 Å². The van der Waals surface area contributed by atoms with Gasteiger partial charge in [0.15, 0.2) is 0 Å². The van der Waals surface area contributed by atoms with E-state index in [4.69, 9.17) is 0 Å². The molecule has 3 bridgehead atoms. The number of hydrogen-bond acceptors (Lipinski definition) is 2. The van der Waals surface area contributed by atoms with Gasteiger partial charge in [-0.25, -0.2) is 0 Å². The zero-order chi connectivity index (χ0) is 20.1. The summed E-state index contributed by atoms with van der Waals surface area (Å²) in [6.45, 7) is 18.2. The van der Waals surface area contributed by atoms with Crippen molar-refractivity contribution in [1.29, 1.82) is 0 Å². The Morgan fingerprint density at radius 2 is 2.00 bits per heavy atom. The molecule has 2 fully saturated rings. The smallest absolute Gasteiger partial charge is 0.0543 e. The van der Waals surface area contributed by atoms with E-state index in [0.717, 1.165) is 13.0 Å². The molecular formula is C26H38N2. The lowest BCUT2D eigenvalue weighted by atomic mass is 9.62. The van der Waals surface area contributed by atoms with E-state index >= 15 is 0 Å². The Labute approximate surface area is 172 Å². The van der Waals surface area contributed by atoms with Crippen molar-refractivity contribution >= 4 is 5.69 Å². The second-order valence-corrected chi connectivity index (χ2v) is 9.16. The summed E-state index contributed by atoms with van der Waals surface area (Å²) in [6.07, 6.45) is 8.62. The summed E-state index contributed by atoms with van der Waals surface area (Å²) in [5.74, 6) is 1.73. The summed E-state index contributed by atoms with van der Waals surface area (Å²) in [5.41, 5.74) is 4.74. The predicted octanol–water partition coefficient (Wildman–Crippen LogP) is 6.23. The van der Waals surface area contributed by atoms with Crippen molar-refractivity contribution in [2.75, 3.05) is 18.4 Å². The minimum atomic E-state index is 0.124. The molecule has 0 amide bonds. The molecular weight excluding hydrogens is 340 g/mol. The second kappa shape index (κ2) is 7.06. The van der Waals surface area contributed by atoms with Gasteiger partial charge in [-0.05, 0) is 50.3 Å². The van der Waals surface area contributed by atoms with E-state index in [-0.39, 0.29) is 11.0 Å². The van der Waals surface area contributed by atoms with Crippen LogP contribution in [-0.2, 0) is 0 Å². The Hall–Kier alpha value is -1.54. The maximum atomic E-state index is 4.58. The molecule has 1 N–H and O–H groups in total. The fourth-order valence-corrected chi connectivity index (χ4v) is 7.17. The van der Waals surface area contributed by atoms with E-state index in [2.05, 4.69) is 74.0 Å². The van der Waals surface area contributed by atoms with Crippen molar-refractivity contribution in [3.8, 4) is 0 Å². The third kappa shape index (κ3) is 2.36. The van der Waals surface area contributed by atoms with Gasteiger partial charge in [0.1, 0.15) is 0 Å². The monoisotopic (exact) mass is 378 g/mol. The zero-order valence-corrected chi connectivity index (χ0v) is 18.5. The van der Waals surface area contributed by atoms with Crippen molar-refractivity contribution in [2.24, 2.45) is 17.3 Å². The standard InChI is InChI=1S/C24H32N2.C2H6/c1-5-16(2)21-15-23-12-8-13-26(18(23)4)14-11-20-19-9-6-7-10-22(19)25-24(20,21)17(23)3;1-2/h6-10,12,17-18,20-21,25H,2,5,11,13-15H2,1,3-4H3;1-2H3. The predicted molar refractivity (Wildman–Crippen MR) is 121 cm³/mol. The number of fused-ring (bicyclic) bond motifs is 3. The summed E-state index contributed by atoms with van der Waals surface area (Å²) in [7, 11) is 0. The number of anilines is 1. The molecule has 5 rings (SSSR count). The molecule has 2 spiro atoms. The van der Waals surface area contributed by atoms with E-state index in [9.17, 15) is 0 Å². The molecule has 1 aliphatic carbocycles. The summed E-state index contributed by atoms with van der Waals surface area (Å²) in [4.78, 5) is 2.73. The second-order valence-electron chi connectivity index (χ2n) is 9.16. The first-order chi connectivity index (χ1) is 13.5. The van der Waals surface area contributed by atoms with Gasteiger partial charge in [0, 0.05) is 35.5 Å². The maximum absolute atomic E-state index is 4.58. The Balaban J connectivity index is 0.000000932. The van der Waals surface area contributed by atoms with Crippen molar-refractivity contribution in [3.05, 3.63) is 54.1 Å². The van der Waals surface area contributed by atoms with Gasteiger partial charge in [-0.3, -0.25) is 4.90 Å². The van der Waals surface area contributed by atoms with Gasteiger partial charge in [0.05, 0.1) is 5.54 Å². The number of rotatable bonds is 2. The fourth-order valence-electron chi connectivity index (χ4n) is 7.17. The molecule has 4 aliphatic rings. The molecule has 2 nitrogen and oxygen atoms in total. The average molecular weight is 379 g/mol. The van der Waals surface area contributed by atoms with E-state index in [1.807, 2.05) is 13.8 Å². The van der Waals surface area contributed by atoms with Crippen LogP contribution in [0.5, 0.6) is 0 Å². The summed E-state index contributed by atoms with van der Waals surface area (Å²) in [5, 5.41) is 4.13. The molecule has 1 aromatic rings. The van der Waals surface area contributed by atoms with Crippen LogP contribution >= 0.6 is 0 Å². The van der Waals surface area contributed by atoms with Crippen molar-refractivity contribution in [2.45, 2.75) is 71.4 Å². The van der Waals surface area contributed by atoms with Gasteiger partial charge in [-0.15, -0.1) is 0 Å². The molecule has 7 unspecified atom stereocenters. The third-order valence-corrected chi connectivity index (χ3v) is 8.67. The molecule has 3 aliphatic heterocycles. The van der Waals surface area contributed by atoms with E-state index in [1.165, 1.54) is 30.6 Å². The zero-order valence-electron chi connectivity index (χ0n) is 18.5. The van der Waals surface area contributed by atoms with Crippen LogP contribution in [0, 0.1) is 17.3 Å².